The highest BCUT2D eigenvalue weighted by Gasteiger charge is 2.26. The minimum atomic E-state index is -5.05. The third kappa shape index (κ3) is 1.87. The zero-order valence-electron chi connectivity index (χ0n) is 7.10. The Hall–Kier alpha value is -1.50. The van der Waals surface area contributed by atoms with Gasteiger partial charge in [0, 0.05) is 6.07 Å². The summed E-state index contributed by atoms with van der Waals surface area (Å²) in [5.41, 5.74) is -0.728. The fraction of sp³-hybridized carbons (Fsp3) is 0.143. The molecule has 0 aromatic heterocycles. The first kappa shape index (κ1) is 10.6. The first-order valence-corrected chi connectivity index (χ1v) is 4.91. The normalized spacial score (nSPS) is 11.3. The van der Waals surface area contributed by atoms with Crippen molar-refractivity contribution in [1.82, 2.24) is 0 Å². The third-order valence-electron chi connectivity index (χ3n) is 1.63. The van der Waals surface area contributed by atoms with Crippen molar-refractivity contribution in [1.29, 1.82) is 0 Å². The molecule has 0 atom stereocenters. The monoisotopic (exact) mass is 219 g/mol. The van der Waals surface area contributed by atoms with E-state index in [1.807, 2.05) is 0 Å². The molecule has 0 amide bonds. The van der Waals surface area contributed by atoms with Crippen molar-refractivity contribution >= 4 is 15.9 Å². The predicted molar refractivity (Wildman–Crippen MR) is 46.1 cm³/mol. The van der Waals surface area contributed by atoms with Gasteiger partial charge in [-0.2, -0.15) is 8.42 Å². The highest BCUT2D eigenvalue weighted by molar-refractivity contribution is 7.86. The summed E-state index contributed by atoms with van der Waals surface area (Å²) in [6.07, 6.45) is 0. The summed E-state index contributed by atoms with van der Waals surface area (Å²) >= 11 is 0. The summed E-state index contributed by atoms with van der Waals surface area (Å²) in [6, 6.07) is 3.53. The number of hydrogen-bond acceptors (Lipinski definition) is 4. The number of aryl methyl sites for hydroxylation is 1. The molecule has 7 heteroatoms. The molecule has 0 aliphatic heterocycles. The molecule has 14 heavy (non-hydrogen) atoms. The topological polar surface area (TPSA) is 77.3 Å². The SMILES string of the molecule is Cc1cccc([N+](=O)[O-])c1S(=O)(=O)F. The second-order valence-electron chi connectivity index (χ2n) is 2.62. The number of halogens is 1. The van der Waals surface area contributed by atoms with Gasteiger partial charge in [-0.05, 0) is 12.5 Å². The number of hydrogen-bond donors (Lipinski definition) is 0. The highest BCUT2D eigenvalue weighted by Crippen LogP contribution is 2.28. The first-order chi connectivity index (χ1) is 6.34. The van der Waals surface area contributed by atoms with Crippen molar-refractivity contribution in [3.05, 3.63) is 33.9 Å². The third-order valence-corrected chi connectivity index (χ3v) is 2.65. The molecule has 0 radical (unpaired) electrons. The summed E-state index contributed by atoms with van der Waals surface area (Å²) in [5, 5.41) is 10.4. The van der Waals surface area contributed by atoms with E-state index in [2.05, 4.69) is 0 Å². The molecule has 0 bridgehead atoms. The van der Waals surface area contributed by atoms with Gasteiger partial charge in [-0.15, -0.1) is 3.89 Å². The van der Waals surface area contributed by atoms with Gasteiger partial charge in [0.15, 0.2) is 4.90 Å². The van der Waals surface area contributed by atoms with Gasteiger partial charge < -0.3 is 0 Å². The lowest BCUT2D eigenvalue weighted by molar-refractivity contribution is -0.387. The highest BCUT2D eigenvalue weighted by atomic mass is 32.3. The summed E-state index contributed by atoms with van der Waals surface area (Å²) in [7, 11) is -5.05. The Morgan fingerprint density at radius 2 is 2.00 bits per heavy atom. The molecule has 0 saturated carbocycles. The smallest absolute Gasteiger partial charge is 0.258 e. The Labute approximate surface area is 79.5 Å². The van der Waals surface area contributed by atoms with E-state index in [9.17, 15) is 22.4 Å². The van der Waals surface area contributed by atoms with Crippen LogP contribution in [0.4, 0.5) is 9.57 Å². The van der Waals surface area contributed by atoms with E-state index >= 15 is 0 Å². The van der Waals surface area contributed by atoms with Gasteiger partial charge >= 0.3 is 10.2 Å². The Morgan fingerprint density at radius 1 is 1.43 bits per heavy atom. The second-order valence-corrected chi connectivity index (χ2v) is 3.90. The van der Waals surface area contributed by atoms with Crippen LogP contribution < -0.4 is 0 Å². The first-order valence-electron chi connectivity index (χ1n) is 3.52. The molecule has 0 aliphatic carbocycles. The van der Waals surface area contributed by atoms with E-state index in [1.165, 1.54) is 19.1 Å². The van der Waals surface area contributed by atoms with E-state index in [1.54, 1.807) is 0 Å². The van der Waals surface area contributed by atoms with Crippen LogP contribution in [0.15, 0.2) is 23.1 Å². The molecule has 0 spiro atoms. The second kappa shape index (κ2) is 3.33. The van der Waals surface area contributed by atoms with E-state index in [4.69, 9.17) is 0 Å². The average Bonchev–Trinajstić information content (AvgIpc) is 2.01. The van der Waals surface area contributed by atoms with Gasteiger partial charge in [0.05, 0.1) is 4.92 Å². The van der Waals surface area contributed by atoms with E-state index < -0.39 is 25.7 Å². The van der Waals surface area contributed by atoms with Crippen molar-refractivity contribution in [2.24, 2.45) is 0 Å². The number of nitro benzene ring substituents is 1. The molecule has 0 heterocycles. The maximum atomic E-state index is 12.7. The van der Waals surface area contributed by atoms with Gasteiger partial charge in [0.25, 0.3) is 5.69 Å². The van der Waals surface area contributed by atoms with Crippen molar-refractivity contribution in [3.63, 3.8) is 0 Å². The lowest BCUT2D eigenvalue weighted by atomic mass is 10.2. The molecular formula is C7H6FNO4S. The number of nitrogens with zero attached hydrogens (tertiary/aromatic N) is 1. The lowest BCUT2D eigenvalue weighted by Crippen LogP contribution is -2.01. The Morgan fingerprint density at radius 3 is 2.36 bits per heavy atom. The van der Waals surface area contributed by atoms with Gasteiger partial charge in [0.2, 0.25) is 0 Å². The van der Waals surface area contributed by atoms with Gasteiger partial charge in [-0.3, -0.25) is 10.1 Å². The number of benzene rings is 1. The van der Waals surface area contributed by atoms with Gasteiger partial charge in [-0.25, -0.2) is 0 Å². The van der Waals surface area contributed by atoms with E-state index in [0.717, 1.165) is 6.07 Å². The molecule has 0 fully saturated rings. The van der Waals surface area contributed by atoms with Crippen molar-refractivity contribution < 1.29 is 17.2 Å². The quantitative estimate of drug-likeness (QED) is 0.429. The molecule has 76 valence electrons. The fourth-order valence-corrected chi connectivity index (χ4v) is 1.94. The van der Waals surface area contributed by atoms with Crippen LogP contribution in [0.1, 0.15) is 5.56 Å². The maximum absolute atomic E-state index is 12.7. The van der Waals surface area contributed by atoms with Crippen LogP contribution in [0.3, 0.4) is 0 Å². The standard InChI is InChI=1S/C7H6FNO4S/c1-5-3-2-4-6(9(10)11)7(5)14(8,12)13/h2-4H,1H3. The van der Waals surface area contributed by atoms with Crippen LogP contribution in [0.5, 0.6) is 0 Å². The Kier molecular flexibility index (Phi) is 2.52. The maximum Gasteiger partial charge on any atom is 0.339 e. The predicted octanol–water partition coefficient (Wildman–Crippen LogP) is 1.56. The van der Waals surface area contributed by atoms with Crippen LogP contribution in [0.25, 0.3) is 0 Å². The molecule has 5 nitrogen and oxygen atoms in total. The average molecular weight is 219 g/mol. The molecule has 1 aromatic rings. The van der Waals surface area contributed by atoms with Crippen LogP contribution in [-0.2, 0) is 10.2 Å². The van der Waals surface area contributed by atoms with Gasteiger partial charge in [0.1, 0.15) is 0 Å². The van der Waals surface area contributed by atoms with Gasteiger partial charge in [-0.1, -0.05) is 12.1 Å². The van der Waals surface area contributed by atoms with E-state index in [0.29, 0.717) is 0 Å². The number of rotatable bonds is 2. The molecule has 0 unspecified atom stereocenters. The van der Waals surface area contributed by atoms with E-state index in [-0.39, 0.29) is 5.56 Å². The Balaban J connectivity index is 3.62. The van der Waals surface area contributed by atoms with Crippen LogP contribution in [0, 0.1) is 17.0 Å². The minimum absolute atomic E-state index is 0.0155. The van der Waals surface area contributed by atoms with Crippen LogP contribution in [0.2, 0.25) is 0 Å². The van der Waals surface area contributed by atoms with Crippen LogP contribution >= 0.6 is 0 Å². The molecule has 1 rings (SSSR count). The summed E-state index contributed by atoms with van der Waals surface area (Å²) in [4.78, 5) is 8.59. The summed E-state index contributed by atoms with van der Waals surface area (Å²) in [6.45, 7) is 1.29. The largest absolute Gasteiger partial charge is 0.339 e. The molecular weight excluding hydrogens is 213 g/mol. The van der Waals surface area contributed by atoms with Crippen molar-refractivity contribution in [2.75, 3.05) is 0 Å². The summed E-state index contributed by atoms with van der Waals surface area (Å²) < 4.78 is 33.9. The fourth-order valence-electron chi connectivity index (χ4n) is 1.10. The van der Waals surface area contributed by atoms with Crippen molar-refractivity contribution in [3.8, 4) is 0 Å². The Bertz CT molecular complexity index is 482. The van der Waals surface area contributed by atoms with Crippen LogP contribution in [-0.4, -0.2) is 13.3 Å². The van der Waals surface area contributed by atoms with Crippen molar-refractivity contribution in [2.45, 2.75) is 11.8 Å². The lowest BCUT2D eigenvalue weighted by Gasteiger charge is -2.00. The zero-order chi connectivity index (χ0) is 10.9. The molecule has 1 aromatic carbocycles. The minimum Gasteiger partial charge on any atom is -0.258 e. The molecule has 0 aliphatic rings. The zero-order valence-corrected chi connectivity index (χ0v) is 7.91. The number of nitro groups is 1. The summed E-state index contributed by atoms with van der Waals surface area (Å²) in [5.74, 6) is 0. The molecule has 0 N–H and O–H groups in total. The molecule has 0 saturated heterocycles.